The number of tetrazole rings is 1. The maximum Gasteiger partial charge on any atom is 0.170 e. The van der Waals surface area contributed by atoms with Gasteiger partial charge < -0.3 is 5.32 Å². The van der Waals surface area contributed by atoms with Crippen molar-refractivity contribution in [2.75, 3.05) is 6.54 Å². The molecule has 0 amide bonds. The molecule has 0 fully saturated rings. The average molecular weight is 304 g/mol. The van der Waals surface area contributed by atoms with Crippen LogP contribution in [0.3, 0.4) is 0 Å². The van der Waals surface area contributed by atoms with E-state index in [1.165, 1.54) is 16.8 Å². The second-order valence-electron chi connectivity index (χ2n) is 3.90. The molecule has 0 spiro atoms. The Bertz CT molecular complexity index is 549. The zero-order valence-corrected chi connectivity index (χ0v) is 11.7. The third kappa shape index (κ3) is 3.20. The largest absolute Gasteiger partial charge is 0.310 e. The highest BCUT2D eigenvalue weighted by Gasteiger charge is 2.16. The SMILES string of the molecule is CCCNCc1nnnn1-c1c(Cl)cc(F)cc1Cl. The van der Waals surface area contributed by atoms with Crippen LogP contribution in [-0.2, 0) is 6.54 Å². The van der Waals surface area contributed by atoms with Crippen molar-refractivity contribution in [3.63, 3.8) is 0 Å². The van der Waals surface area contributed by atoms with E-state index >= 15 is 0 Å². The summed E-state index contributed by atoms with van der Waals surface area (Å²) in [5, 5.41) is 14.8. The quantitative estimate of drug-likeness (QED) is 0.863. The van der Waals surface area contributed by atoms with Crippen molar-refractivity contribution in [3.8, 4) is 5.69 Å². The first-order valence-electron chi connectivity index (χ1n) is 5.76. The predicted molar refractivity (Wildman–Crippen MR) is 71.1 cm³/mol. The first-order chi connectivity index (χ1) is 9.13. The number of aromatic nitrogens is 4. The van der Waals surface area contributed by atoms with Crippen molar-refractivity contribution < 1.29 is 4.39 Å². The van der Waals surface area contributed by atoms with Crippen molar-refractivity contribution >= 4 is 23.2 Å². The normalized spacial score (nSPS) is 10.9. The molecule has 1 aromatic heterocycles. The van der Waals surface area contributed by atoms with Crippen LogP contribution in [0.4, 0.5) is 4.39 Å². The molecule has 0 bridgehead atoms. The summed E-state index contributed by atoms with van der Waals surface area (Å²) in [6, 6.07) is 2.35. The Kier molecular flexibility index (Phi) is 4.68. The lowest BCUT2D eigenvalue weighted by Gasteiger charge is -2.09. The number of hydrogen-bond donors (Lipinski definition) is 1. The highest BCUT2D eigenvalue weighted by atomic mass is 35.5. The molecule has 5 nitrogen and oxygen atoms in total. The van der Waals surface area contributed by atoms with Crippen LogP contribution in [0.1, 0.15) is 19.2 Å². The Balaban J connectivity index is 2.35. The lowest BCUT2D eigenvalue weighted by atomic mass is 10.3. The molecule has 0 saturated heterocycles. The number of nitrogens with one attached hydrogen (secondary N) is 1. The first-order valence-corrected chi connectivity index (χ1v) is 6.52. The molecule has 0 aliphatic rings. The molecule has 8 heteroatoms. The van der Waals surface area contributed by atoms with Gasteiger partial charge in [0, 0.05) is 0 Å². The first kappa shape index (κ1) is 14.2. The van der Waals surface area contributed by atoms with Gasteiger partial charge in [-0.15, -0.1) is 5.10 Å². The fraction of sp³-hybridized carbons (Fsp3) is 0.364. The topological polar surface area (TPSA) is 55.6 Å². The van der Waals surface area contributed by atoms with Crippen molar-refractivity contribution in [1.29, 1.82) is 0 Å². The van der Waals surface area contributed by atoms with Gasteiger partial charge in [0.25, 0.3) is 0 Å². The molecule has 0 atom stereocenters. The van der Waals surface area contributed by atoms with Gasteiger partial charge in [-0.2, -0.15) is 4.68 Å². The van der Waals surface area contributed by atoms with Gasteiger partial charge in [-0.25, -0.2) is 4.39 Å². The molecule has 2 aromatic rings. The Hall–Kier alpha value is -1.24. The molecule has 0 unspecified atom stereocenters. The van der Waals surface area contributed by atoms with Crippen LogP contribution in [0.2, 0.25) is 10.0 Å². The summed E-state index contributed by atoms with van der Waals surface area (Å²) < 4.78 is 14.6. The fourth-order valence-corrected chi connectivity index (χ4v) is 2.22. The molecule has 102 valence electrons. The minimum absolute atomic E-state index is 0.161. The lowest BCUT2D eigenvalue weighted by molar-refractivity contribution is 0.622. The second kappa shape index (κ2) is 6.27. The van der Waals surface area contributed by atoms with Gasteiger partial charge in [-0.3, -0.25) is 0 Å². The van der Waals surface area contributed by atoms with Crippen LogP contribution >= 0.6 is 23.2 Å². The third-order valence-corrected chi connectivity index (χ3v) is 3.01. The van der Waals surface area contributed by atoms with Crippen molar-refractivity contribution in [2.24, 2.45) is 0 Å². The Morgan fingerprint density at radius 1 is 1.32 bits per heavy atom. The maximum absolute atomic E-state index is 13.2. The van der Waals surface area contributed by atoms with E-state index in [0.29, 0.717) is 18.1 Å². The molecule has 2 rings (SSSR count). The Morgan fingerprint density at radius 3 is 2.63 bits per heavy atom. The zero-order valence-electron chi connectivity index (χ0n) is 10.2. The maximum atomic E-state index is 13.2. The van der Waals surface area contributed by atoms with Crippen molar-refractivity contribution in [2.45, 2.75) is 19.9 Å². The van der Waals surface area contributed by atoms with Crippen LogP contribution < -0.4 is 5.32 Å². The van der Waals surface area contributed by atoms with E-state index in [1.54, 1.807) is 0 Å². The van der Waals surface area contributed by atoms with E-state index in [1.807, 2.05) is 0 Å². The second-order valence-corrected chi connectivity index (χ2v) is 4.72. The summed E-state index contributed by atoms with van der Waals surface area (Å²) in [7, 11) is 0. The number of hydrogen-bond acceptors (Lipinski definition) is 4. The van der Waals surface area contributed by atoms with Crippen molar-refractivity contribution in [3.05, 3.63) is 33.8 Å². The summed E-state index contributed by atoms with van der Waals surface area (Å²) in [6.07, 6.45) is 1.000. The minimum Gasteiger partial charge on any atom is -0.310 e. The number of halogens is 3. The summed E-state index contributed by atoms with van der Waals surface area (Å²) >= 11 is 12.0. The van der Waals surface area contributed by atoms with Crippen LogP contribution in [0.15, 0.2) is 12.1 Å². The smallest absolute Gasteiger partial charge is 0.170 e. The van der Waals surface area contributed by atoms with Gasteiger partial charge in [-0.1, -0.05) is 30.1 Å². The van der Waals surface area contributed by atoms with Crippen LogP contribution in [0.25, 0.3) is 5.69 Å². The fourth-order valence-electron chi connectivity index (χ4n) is 1.60. The molecule has 19 heavy (non-hydrogen) atoms. The molecule has 1 heterocycles. The lowest BCUT2D eigenvalue weighted by Crippen LogP contribution is -2.18. The van der Waals surface area contributed by atoms with E-state index < -0.39 is 5.82 Å². The molecule has 0 aliphatic heterocycles. The van der Waals surface area contributed by atoms with Crippen LogP contribution in [0.5, 0.6) is 0 Å². The zero-order chi connectivity index (χ0) is 13.8. The highest BCUT2D eigenvalue weighted by Crippen LogP contribution is 2.29. The van der Waals surface area contributed by atoms with E-state index in [2.05, 4.69) is 27.8 Å². The predicted octanol–water partition coefficient (Wildman–Crippen LogP) is 2.61. The summed E-state index contributed by atoms with van der Waals surface area (Å²) in [4.78, 5) is 0. The monoisotopic (exact) mass is 303 g/mol. The summed E-state index contributed by atoms with van der Waals surface area (Å²) in [5.74, 6) is 0.0568. The van der Waals surface area contributed by atoms with E-state index in [9.17, 15) is 4.39 Å². The highest BCUT2D eigenvalue weighted by molar-refractivity contribution is 6.37. The van der Waals surface area contributed by atoms with Gasteiger partial charge in [0.05, 0.1) is 16.6 Å². The Labute approximate surface area is 119 Å². The standard InChI is InChI=1S/C11H12Cl2FN5/c1-2-3-15-6-10-16-17-18-19(10)11-8(12)4-7(14)5-9(11)13/h4-5,15H,2-3,6H2,1H3. The molecule has 0 aliphatic carbocycles. The van der Waals surface area contributed by atoms with Gasteiger partial charge in [0.15, 0.2) is 5.82 Å². The van der Waals surface area contributed by atoms with Gasteiger partial charge in [0.1, 0.15) is 11.5 Å². The number of benzene rings is 1. The van der Waals surface area contributed by atoms with Crippen molar-refractivity contribution in [1.82, 2.24) is 25.5 Å². The molecule has 0 radical (unpaired) electrons. The number of nitrogens with zero attached hydrogens (tertiary/aromatic N) is 4. The molecule has 1 N–H and O–H groups in total. The van der Waals surface area contributed by atoms with E-state index in [-0.39, 0.29) is 10.0 Å². The van der Waals surface area contributed by atoms with Gasteiger partial charge in [-0.05, 0) is 35.5 Å². The van der Waals surface area contributed by atoms with Crippen LogP contribution in [-0.4, -0.2) is 26.8 Å². The summed E-state index contributed by atoms with van der Waals surface area (Å²) in [6.45, 7) is 3.38. The molecular weight excluding hydrogens is 292 g/mol. The van der Waals surface area contributed by atoms with E-state index in [4.69, 9.17) is 23.2 Å². The third-order valence-electron chi connectivity index (χ3n) is 2.44. The number of rotatable bonds is 5. The Morgan fingerprint density at radius 2 is 2.00 bits per heavy atom. The minimum atomic E-state index is -0.502. The van der Waals surface area contributed by atoms with E-state index in [0.717, 1.165) is 13.0 Å². The summed E-state index contributed by atoms with van der Waals surface area (Å²) in [5.41, 5.74) is 0.378. The van der Waals surface area contributed by atoms with Crippen LogP contribution in [0, 0.1) is 5.82 Å². The molecular formula is C11H12Cl2FN5. The molecule has 1 aromatic carbocycles. The van der Waals surface area contributed by atoms with Gasteiger partial charge in [0.2, 0.25) is 0 Å². The van der Waals surface area contributed by atoms with Gasteiger partial charge >= 0.3 is 0 Å². The molecule has 0 saturated carbocycles. The average Bonchev–Trinajstić information content (AvgIpc) is 2.76.